The number of hydrogen-bond acceptors (Lipinski definition) is 8. The van der Waals surface area contributed by atoms with Crippen LogP contribution in [0, 0.1) is 46.3 Å². The molecule has 0 saturated heterocycles. The van der Waals surface area contributed by atoms with Gasteiger partial charge >= 0.3 is 23.9 Å². The molecule has 4 rings (SSSR count). The summed E-state index contributed by atoms with van der Waals surface area (Å²) in [6, 6.07) is 0. The number of esters is 4. The van der Waals surface area contributed by atoms with Gasteiger partial charge in [0, 0.05) is 38.5 Å². The van der Waals surface area contributed by atoms with Gasteiger partial charge in [-0.3, -0.25) is 19.2 Å². The number of carbonyl (C=O) groups is 4. The lowest BCUT2D eigenvalue weighted by atomic mass is 9.43. The molecule has 0 radical (unpaired) electrons. The molecule has 0 aliphatic heterocycles. The number of hydrogen-bond donors (Lipinski definition) is 0. The SMILES string of the molecule is COC(=O)CCC(C)[C@H]1CC[C@H]2[C@@H]3[C@H](OC(C)=O)C[C@@H]4C[C@H](OC(C)=O)CC[C@]4(C)[C@H]3C[C@H](OC(C)=O)[C@]12C. The van der Waals surface area contributed by atoms with Crippen LogP contribution >= 0.6 is 0 Å². The number of fused-ring (bicyclic) bond motifs is 5. The van der Waals surface area contributed by atoms with E-state index in [1.807, 2.05) is 0 Å². The Morgan fingerprint density at radius 1 is 0.846 bits per heavy atom. The molecule has 4 aliphatic carbocycles. The van der Waals surface area contributed by atoms with Crippen LogP contribution in [0.25, 0.3) is 0 Å². The van der Waals surface area contributed by atoms with Gasteiger partial charge in [-0.15, -0.1) is 0 Å². The van der Waals surface area contributed by atoms with Gasteiger partial charge in [-0.2, -0.15) is 0 Å². The van der Waals surface area contributed by atoms with Gasteiger partial charge in [-0.05, 0) is 86.4 Å². The van der Waals surface area contributed by atoms with Gasteiger partial charge in [0.2, 0.25) is 0 Å². The molecule has 4 saturated carbocycles. The maximum Gasteiger partial charge on any atom is 0.305 e. The first kappa shape index (κ1) is 29.9. The number of carbonyl (C=O) groups excluding carboxylic acids is 4. The Hall–Kier alpha value is -2.12. The predicted molar refractivity (Wildman–Crippen MR) is 143 cm³/mol. The van der Waals surface area contributed by atoms with Crippen molar-refractivity contribution in [2.24, 2.45) is 46.3 Å². The summed E-state index contributed by atoms with van der Waals surface area (Å²) in [4.78, 5) is 48.5. The molecular weight excluding hydrogens is 500 g/mol. The van der Waals surface area contributed by atoms with Crippen molar-refractivity contribution in [2.45, 2.75) is 118 Å². The summed E-state index contributed by atoms with van der Waals surface area (Å²) in [6.45, 7) is 11.3. The number of ether oxygens (including phenoxy) is 4. The van der Waals surface area contributed by atoms with Gasteiger partial charge in [-0.1, -0.05) is 20.8 Å². The van der Waals surface area contributed by atoms with Crippen LogP contribution in [-0.2, 0) is 38.1 Å². The molecule has 0 amide bonds. The van der Waals surface area contributed by atoms with Crippen LogP contribution < -0.4 is 0 Å². The topological polar surface area (TPSA) is 105 Å². The fourth-order valence-electron chi connectivity index (χ4n) is 9.77. The summed E-state index contributed by atoms with van der Waals surface area (Å²) in [7, 11) is 1.42. The second-order valence-corrected chi connectivity index (χ2v) is 13.4. The smallest absolute Gasteiger partial charge is 0.305 e. The van der Waals surface area contributed by atoms with E-state index < -0.39 is 0 Å². The van der Waals surface area contributed by atoms with E-state index in [1.54, 1.807) is 0 Å². The van der Waals surface area contributed by atoms with E-state index in [-0.39, 0.29) is 88.5 Å². The third kappa shape index (κ3) is 5.58. The van der Waals surface area contributed by atoms with Crippen LogP contribution in [0.15, 0.2) is 0 Å². The Labute approximate surface area is 233 Å². The molecule has 0 aromatic heterocycles. The molecular formula is C31H48O8. The Balaban J connectivity index is 1.70. The van der Waals surface area contributed by atoms with Crippen molar-refractivity contribution in [1.82, 2.24) is 0 Å². The van der Waals surface area contributed by atoms with Crippen molar-refractivity contribution < 1.29 is 38.1 Å². The summed E-state index contributed by atoms with van der Waals surface area (Å²) in [5, 5.41) is 0. The van der Waals surface area contributed by atoms with Crippen molar-refractivity contribution >= 4 is 23.9 Å². The highest BCUT2D eigenvalue weighted by Gasteiger charge is 2.67. The second kappa shape index (κ2) is 11.4. The minimum absolute atomic E-state index is 0.0215. The highest BCUT2D eigenvalue weighted by atomic mass is 16.6. The molecule has 0 bridgehead atoms. The maximum absolute atomic E-state index is 12.5. The lowest BCUT2D eigenvalue weighted by Gasteiger charge is -2.64. The van der Waals surface area contributed by atoms with E-state index in [0.29, 0.717) is 6.42 Å². The highest BCUT2D eigenvalue weighted by Crippen LogP contribution is 2.69. The molecule has 0 N–H and O–H groups in total. The zero-order valence-electron chi connectivity index (χ0n) is 24.8. The third-order valence-electron chi connectivity index (χ3n) is 11.4. The molecule has 1 unspecified atom stereocenters. The summed E-state index contributed by atoms with van der Waals surface area (Å²) < 4.78 is 22.8. The average molecular weight is 549 g/mol. The van der Waals surface area contributed by atoms with Crippen LogP contribution in [0.5, 0.6) is 0 Å². The van der Waals surface area contributed by atoms with E-state index >= 15 is 0 Å². The molecule has 4 fully saturated rings. The van der Waals surface area contributed by atoms with Crippen LogP contribution in [0.3, 0.4) is 0 Å². The fraction of sp³-hybridized carbons (Fsp3) is 0.871. The van der Waals surface area contributed by atoms with Gasteiger partial charge in [-0.25, -0.2) is 0 Å². The van der Waals surface area contributed by atoms with Crippen molar-refractivity contribution in [3.8, 4) is 0 Å². The first-order valence-electron chi connectivity index (χ1n) is 14.9. The Morgan fingerprint density at radius 3 is 2.13 bits per heavy atom. The van der Waals surface area contributed by atoms with Gasteiger partial charge in [0.05, 0.1) is 7.11 Å². The zero-order valence-corrected chi connectivity index (χ0v) is 24.8. The molecule has 220 valence electrons. The minimum atomic E-state index is -0.279. The van der Waals surface area contributed by atoms with Crippen LogP contribution in [-0.4, -0.2) is 49.3 Å². The largest absolute Gasteiger partial charge is 0.469 e. The van der Waals surface area contributed by atoms with Crippen LogP contribution in [0.4, 0.5) is 0 Å². The number of methoxy groups -OCH3 is 1. The monoisotopic (exact) mass is 548 g/mol. The summed E-state index contributed by atoms with van der Waals surface area (Å²) in [6.07, 6.45) is 6.53. The van der Waals surface area contributed by atoms with Crippen molar-refractivity contribution in [3.05, 3.63) is 0 Å². The van der Waals surface area contributed by atoms with Crippen LogP contribution in [0.2, 0.25) is 0 Å². The Kier molecular flexibility index (Phi) is 8.73. The average Bonchev–Trinajstić information content (AvgIpc) is 3.20. The standard InChI is InChI=1S/C31H48O8/c1-17(8-11-28(35)36-7)23-9-10-24-29-25(16-27(31(23,24)6)39-20(4)34)30(5)13-12-22(37-18(2)32)14-21(30)15-26(29)38-19(3)33/h17,21-27,29H,8-16H2,1-7H3/t17?,21-,22+,23+,24-,25-,26+,27-,29-,30-,31+/m0/s1. The maximum atomic E-state index is 12.5. The number of rotatable bonds is 7. The first-order valence-corrected chi connectivity index (χ1v) is 14.9. The molecule has 8 heteroatoms. The molecule has 0 aromatic rings. The first-order chi connectivity index (χ1) is 18.3. The highest BCUT2D eigenvalue weighted by molar-refractivity contribution is 5.69. The van der Waals surface area contributed by atoms with E-state index in [9.17, 15) is 19.2 Å². The van der Waals surface area contributed by atoms with Crippen molar-refractivity contribution in [3.63, 3.8) is 0 Å². The minimum Gasteiger partial charge on any atom is -0.469 e. The molecule has 8 nitrogen and oxygen atoms in total. The molecule has 0 heterocycles. The normalized spacial score (nSPS) is 41.7. The molecule has 4 aliphatic rings. The second-order valence-electron chi connectivity index (χ2n) is 13.4. The lowest BCUT2D eigenvalue weighted by Crippen LogP contribution is -2.63. The lowest BCUT2D eigenvalue weighted by molar-refractivity contribution is -0.224. The van der Waals surface area contributed by atoms with E-state index in [1.165, 1.54) is 27.9 Å². The van der Waals surface area contributed by atoms with E-state index in [4.69, 9.17) is 18.9 Å². The van der Waals surface area contributed by atoms with E-state index in [2.05, 4.69) is 20.8 Å². The summed E-state index contributed by atoms with van der Waals surface area (Å²) in [5.74, 6) is 0.438. The van der Waals surface area contributed by atoms with E-state index in [0.717, 1.165) is 51.4 Å². The van der Waals surface area contributed by atoms with Crippen molar-refractivity contribution in [2.75, 3.05) is 7.11 Å². The van der Waals surface area contributed by atoms with Gasteiger partial charge < -0.3 is 18.9 Å². The molecule has 39 heavy (non-hydrogen) atoms. The molecule has 11 atom stereocenters. The summed E-state index contributed by atoms with van der Waals surface area (Å²) >= 11 is 0. The predicted octanol–water partition coefficient (Wildman–Crippen LogP) is 5.25. The Bertz CT molecular complexity index is 962. The van der Waals surface area contributed by atoms with Crippen LogP contribution in [0.1, 0.15) is 99.3 Å². The molecule has 0 aromatic carbocycles. The Morgan fingerprint density at radius 2 is 1.51 bits per heavy atom. The van der Waals surface area contributed by atoms with Crippen molar-refractivity contribution in [1.29, 1.82) is 0 Å². The van der Waals surface area contributed by atoms with Gasteiger partial charge in [0.25, 0.3) is 0 Å². The van der Waals surface area contributed by atoms with Gasteiger partial charge in [0.15, 0.2) is 0 Å². The molecule has 0 spiro atoms. The quantitative estimate of drug-likeness (QED) is 0.314. The summed E-state index contributed by atoms with van der Waals surface area (Å²) in [5.41, 5.74) is -0.300. The fourth-order valence-corrected chi connectivity index (χ4v) is 9.77. The van der Waals surface area contributed by atoms with Gasteiger partial charge in [0.1, 0.15) is 18.3 Å². The third-order valence-corrected chi connectivity index (χ3v) is 11.4. The zero-order chi connectivity index (χ0) is 28.7.